The summed E-state index contributed by atoms with van der Waals surface area (Å²) in [6.07, 6.45) is -4.16. The number of hydrogen-bond acceptors (Lipinski definition) is 6. The molecule has 35 heavy (non-hydrogen) atoms. The fourth-order valence-electron chi connectivity index (χ4n) is 3.17. The van der Waals surface area contributed by atoms with Crippen LogP contribution >= 0.6 is 11.6 Å². The molecule has 0 fully saturated rings. The molecule has 0 aliphatic carbocycles. The smallest absolute Gasteiger partial charge is 0.349 e. The van der Waals surface area contributed by atoms with Gasteiger partial charge in [-0.05, 0) is 50.2 Å². The van der Waals surface area contributed by atoms with Gasteiger partial charge in [0.1, 0.15) is 0 Å². The summed E-state index contributed by atoms with van der Waals surface area (Å²) in [5.74, 6) is -4.68. The predicted octanol–water partition coefficient (Wildman–Crippen LogP) is 4.43. The van der Waals surface area contributed by atoms with E-state index in [9.17, 15) is 24.3 Å². The molecule has 8 nitrogen and oxygen atoms in total. The lowest BCUT2D eigenvalue weighted by Crippen LogP contribution is -2.48. The van der Waals surface area contributed by atoms with E-state index >= 15 is 0 Å². The SMILES string of the molecule is Cc1cccc(C(=O)OC(C(=O)O)C(OC(=O)c2cccc(C)c2)C(=O)Nc2ccccc2Cl)c1. The van der Waals surface area contributed by atoms with Gasteiger partial charge in [0.2, 0.25) is 12.2 Å². The first kappa shape index (κ1) is 25.5. The van der Waals surface area contributed by atoms with Crippen LogP contribution in [0.2, 0.25) is 5.02 Å². The normalized spacial score (nSPS) is 12.2. The standard InChI is InChI=1S/C26H22ClNO7/c1-15-7-5-9-17(13-15)25(32)34-21(23(29)28-20-12-4-3-11-19(20)27)22(24(30)31)35-26(33)18-10-6-8-16(2)14-18/h3-14,21-22H,1-2H3,(H,28,29)(H,30,31). The highest BCUT2D eigenvalue weighted by molar-refractivity contribution is 6.33. The van der Waals surface area contributed by atoms with Gasteiger partial charge in [0.05, 0.1) is 21.8 Å². The molecule has 0 saturated carbocycles. The molecule has 0 aromatic heterocycles. The Kier molecular flexibility index (Phi) is 8.22. The number of rotatable bonds is 8. The topological polar surface area (TPSA) is 119 Å². The van der Waals surface area contributed by atoms with Gasteiger partial charge in [-0.25, -0.2) is 14.4 Å². The minimum absolute atomic E-state index is 0.0755. The minimum atomic E-state index is -2.14. The van der Waals surface area contributed by atoms with Crippen molar-refractivity contribution < 1.29 is 33.8 Å². The first-order chi connectivity index (χ1) is 16.7. The van der Waals surface area contributed by atoms with Crippen molar-refractivity contribution in [3.63, 3.8) is 0 Å². The molecule has 3 aromatic rings. The molecule has 2 unspecified atom stereocenters. The monoisotopic (exact) mass is 495 g/mol. The Labute approximate surface area is 206 Å². The van der Waals surface area contributed by atoms with Crippen molar-refractivity contribution in [2.45, 2.75) is 26.1 Å². The second-order valence-corrected chi connectivity index (χ2v) is 8.11. The fraction of sp³-hybridized carbons (Fsp3) is 0.154. The lowest BCUT2D eigenvalue weighted by atomic mass is 10.1. The molecular weight excluding hydrogens is 474 g/mol. The van der Waals surface area contributed by atoms with Gasteiger partial charge in [0.15, 0.2) is 0 Å². The Balaban J connectivity index is 1.93. The second kappa shape index (κ2) is 11.3. The van der Waals surface area contributed by atoms with Crippen LogP contribution in [0, 0.1) is 13.8 Å². The third-order valence-corrected chi connectivity index (χ3v) is 5.21. The number of anilines is 1. The quantitative estimate of drug-likeness (QED) is 0.443. The van der Waals surface area contributed by atoms with E-state index in [0.717, 1.165) is 11.1 Å². The molecule has 3 aromatic carbocycles. The van der Waals surface area contributed by atoms with Crippen LogP contribution in [0.1, 0.15) is 31.8 Å². The van der Waals surface area contributed by atoms with Crippen molar-refractivity contribution in [2.75, 3.05) is 5.32 Å². The van der Waals surface area contributed by atoms with Gasteiger partial charge in [-0.1, -0.05) is 59.1 Å². The number of carboxylic acids is 1. The largest absolute Gasteiger partial charge is 0.478 e. The summed E-state index contributed by atoms with van der Waals surface area (Å²) >= 11 is 6.09. The third-order valence-electron chi connectivity index (χ3n) is 4.88. The second-order valence-electron chi connectivity index (χ2n) is 7.70. The van der Waals surface area contributed by atoms with Crippen LogP contribution in [-0.4, -0.2) is 41.1 Å². The summed E-state index contributed by atoms with van der Waals surface area (Å²) in [6.45, 7) is 3.50. The number of carbonyl (C=O) groups is 4. The number of halogens is 1. The third kappa shape index (κ3) is 6.68. The van der Waals surface area contributed by atoms with Crippen molar-refractivity contribution in [3.8, 4) is 0 Å². The zero-order chi connectivity index (χ0) is 25.5. The van der Waals surface area contributed by atoms with E-state index in [-0.39, 0.29) is 21.8 Å². The Morgan fingerprint density at radius 3 is 1.77 bits per heavy atom. The number of ether oxygens (including phenoxy) is 2. The minimum Gasteiger partial charge on any atom is -0.478 e. The zero-order valence-corrected chi connectivity index (χ0v) is 19.6. The molecule has 3 rings (SSSR count). The van der Waals surface area contributed by atoms with E-state index in [2.05, 4.69) is 5.32 Å². The molecule has 0 aliphatic heterocycles. The molecule has 0 spiro atoms. The van der Waals surface area contributed by atoms with E-state index in [1.807, 2.05) is 0 Å². The van der Waals surface area contributed by atoms with Gasteiger partial charge in [0.25, 0.3) is 5.91 Å². The number of aryl methyl sites for hydroxylation is 2. The summed E-state index contributed by atoms with van der Waals surface area (Å²) in [4.78, 5) is 50.7. The predicted molar refractivity (Wildman–Crippen MR) is 128 cm³/mol. The Morgan fingerprint density at radius 1 is 0.771 bits per heavy atom. The van der Waals surface area contributed by atoms with Crippen LogP contribution in [0.25, 0.3) is 0 Å². The number of benzene rings is 3. The van der Waals surface area contributed by atoms with Crippen molar-refractivity contribution in [3.05, 3.63) is 100 Å². The zero-order valence-electron chi connectivity index (χ0n) is 18.9. The molecular formula is C26H22ClNO7. The van der Waals surface area contributed by atoms with Crippen LogP contribution in [0.15, 0.2) is 72.8 Å². The van der Waals surface area contributed by atoms with Gasteiger partial charge >= 0.3 is 17.9 Å². The number of para-hydroxylation sites is 1. The molecule has 0 saturated heterocycles. The maximum Gasteiger partial charge on any atom is 0.349 e. The van der Waals surface area contributed by atoms with Gasteiger partial charge < -0.3 is 19.9 Å². The van der Waals surface area contributed by atoms with E-state index in [0.29, 0.717) is 0 Å². The number of carboxylic acid groups (broad SMARTS) is 1. The van der Waals surface area contributed by atoms with Gasteiger partial charge in [-0.2, -0.15) is 0 Å². The molecule has 0 heterocycles. The maximum atomic E-state index is 13.1. The van der Waals surface area contributed by atoms with Crippen LogP contribution in [-0.2, 0) is 19.1 Å². The lowest BCUT2D eigenvalue weighted by Gasteiger charge is -2.24. The molecule has 2 atom stereocenters. The lowest BCUT2D eigenvalue weighted by molar-refractivity contribution is -0.157. The van der Waals surface area contributed by atoms with Crippen molar-refractivity contribution in [1.82, 2.24) is 0 Å². The molecule has 9 heteroatoms. The first-order valence-corrected chi connectivity index (χ1v) is 10.9. The molecule has 0 radical (unpaired) electrons. The fourth-order valence-corrected chi connectivity index (χ4v) is 3.35. The molecule has 0 bridgehead atoms. The number of hydrogen-bond donors (Lipinski definition) is 2. The van der Waals surface area contributed by atoms with Crippen molar-refractivity contribution in [1.29, 1.82) is 0 Å². The maximum absolute atomic E-state index is 13.1. The highest BCUT2D eigenvalue weighted by Gasteiger charge is 2.41. The Morgan fingerprint density at radius 2 is 1.29 bits per heavy atom. The summed E-state index contributed by atoms with van der Waals surface area (Å²) in [7, 11) is 0. The van der Waals surface area contributed by atoms with Crippen LogP contribution < -0.4 is 5.32 Å². The van der Waals surface area contributed by atoms with Crippen molar-refractivity contribution >= 4 is 41.1 Å². The molecule has 180 valence electrons. The van der Waals surface area contributed by atoms with Crippen LogP contribution in [0.5, 0.6) is 0 Å². The van der Waals surface area contributed by atoms with E-state index in [1.165, 1.54) is 36.4 Å². The summed E-state index contributed by atoms with van der Waals surface area (Å²) in [6, 6.07) is 18.8. The first-order valence-electron chi connectivity index (χ1n) is 10.5. The summed E-state index contributed by atoms with van der Waals surface area (Å²) in [5, 5.41) is 12.4. The van der Waals surface area contributed by atoms with E-state index in [1.54, 1.807) is 50.2 Å². The van der Waals surface area contributed by atoms with E-state index in [4.69, 9.17) is 21.1 Å². The average molecular weight is 496 g/mol. The number of nitrogens with one attached hydrogen (secondary N) is 1. The number of amides is 1. The Hall–Kier alpha value is -4.17. The number of aliphatic carboxylic acids is 1. The highest BCUT2D eigenvalue weighted by atomic mass is 35.5. The Bertz CT molecular complexity index is 1270. The van der Waals surface area contributed by atoms with Crippen LogP contribution in [0.3, 0.4) is 0 Å². The molecule has 1 amide bonds. The summed E-state index contributed by atoms with van der Waals surface area (Å²) < 4.78 is 10.5. The van der Waals surface area contributed by atoms with E-state index < -0.39 is 36.0 Å². The molecule has 2 N–H and O–H groups in total. The van der Waals surface area contributed by atoms with Gasteiger partial charge in [-0.3, -0.25) is 4.79 Å². The van der Waals surface area contributed by atoms with Crippen LogP contribution in [0.4, 0.5) is 5.69 Å². The number of esters is 2. The van der Waals surface area contributed by atoms with Crippen molar-refractivity contribution in [2.24, 2.45) is 0 Å². The number of carbonyl (C=O) groups excluding carboxylic acids is 3. The van der Waals surface area contributed by atoms with Gasteiger partial charge in [0, 0.05) is 0 Å². The van der Waals surface area contributed by atoms with Gasteiger partial charge in [-0.15, -0.1) is 0 Å². The average Bonchev–Trinajstić information content (AvgIpc) is 2.82. The highest BCUT2D eigenvalue weighted by Crippen LogP contribution is 2.22. The summed E-state index contributed by atoms with van der Waals surface area (Å²) in [5.41, 5.74) is 1.81. The molecule has 0 aliphatic rings.